The van der Waals surface area contributed by atoms with Crippen molar-refractivity contribution in [3.05, 3.63) is 30.1 Å². The summed E-state index contributed by atoms with van der Waals surface area (Å²) in [5.74, 6) is 0.374. The lowest BCUT2D eigenvalue weighted by molar-refractivity contribution is -0.135. The van der Waals surface area contributed by atoms with Crippen LogP contribution in [0, 0.1) is 16.7 Å². The number of rotatable bonds is 3. The van der Waals surface area contributed by atoms with E-state index in [2.05, 4.69) is 23.9 Å². The predicted molar refractivity (Wildman–Crippen MR) is 84.0 cm³/mol. The smallest absolute Gasteiger partial charge is 0.245 e. The van der Waals surface area contributed by atoms with Gasteiger partial charge in [0.15, 0.2) is 0 Å². The second-order valence-electron chi connectivity index (χ2n) is 7.50. The lowest BCUT2D eigenvalue weighted by atomic mass is 9.65. The van der Waals surface area contributed by atoms with Crippen LogP contribution in [0.5, 0.6) is 0 Å². The Morgan fingerprint density at radius 2 is 2.36 bits per heavy atom. The van der Waals surface area contributed by atoms with Crippen LogP contribution < -0.4 is 5.73 Å². The number of piperidine rings is 1. The molecule has 0 unspecified atom stereocenters. The van der Waals surface area contributed by atoms with Gasteiger partial charge < -0.3 is 5.73 Å². The van der Waals surface area contributed by atoms with E-state index in [0.29, 0.717) is 5.92 Å². The fraction of sp³-hybridized carbons (Fsp3) is 0.588. The Morgan fingerprint density at radius 1 is 1.55 bits per heavy atom. The van der Waals surface area contributed by atoms with Crippen LogP contribution in [-0.2, 0) is 4.79 Å². The van der Waals surface area contributed by atoms with Gasteiger partial charge in [-0.15, -0.1) is 0 Å². The van der Waals surface area contributed by atoms with Crippen molar-refractivity contribution in [1.82, 2.24) is 9.99 Å². The van der Waals surface area contributed by atoms with Crippen LogP contribution in [0.1, 0.15) is 38.7 Å². The first kappa shape index (κ1) is 13.7. The van der Waals surface area contributed by atoms with Crippen LogP contribution in [0.15, 0.2) is 29.6 Å². The van der Waals surface area contributed by atoms with Crippen LogP contribution in [0.2, 0.25) is 0 Å². The number of nitrogens with zero attached hydrogens (tertiary/aromatic N) is 3. The van der Waals surface area contributed by atoms with E-state index in [9.17, 15) is 4.79 Å². The normalized spacial score (nSPS) is 42.5. The van der Waals surface area contributed by atoms with Crippen molar-refractivity contribution in [3.63, 3.8) is 0 Å². The van der Waals surface area contributed by atoms with Crippen LogP contribution in [0.3, 0.4) is 0 Å². The summed E-state index contributed by atoms with van der Waals surface area (Å²) >= 11 is 0. The van der Waals surface area contributed by atoms with Crippen LogP contribution in [0.4, 0.5) is 0 Å². The van der Waals surface area contributed by atoms with Gasteiger partial charge in [0.25, 0.3) is 0 Å². The maximum atomic E-state index is 12.4. The average Bonchev–Trinajstić information content (AvgIpc) is 2.95. The van der Waals surface area contributed by atoms with Crippen molar-refractivity contribution >= 4 is 12.1 Å². The van der Waals surface area contributed by atoms with Gasteiger partial charge in [-0.3, -0.25) is 14.8 Å². The summed E-state index contributed by atoms with van der Waals surface area (Å²) in [6.45, 7) is 5.37. The van der Waals surface area contributed by atoms with E-state index in [0.717, 1.165) is 24.9 Å². The highest BCUT2D eigenvalue weighted by Gasteiger charge is 2.80. The number of amides is 1. The van der Waals surface area contributed by atoms with Crippen LogP contribution in [0.25, 0.3) is 0 Å². The third-order valence-electron chi connectivity index (χ3n) is 6.97. The van der Waals surface area contributed by atoms with Crippen LogP contribution in [-0.4, -0.2) is 34.2 Å². The molecule has 1 aliphatic heterocycles. The molecule has 2 heterocycles. The summed E-state index contributed by atoms with van der Waals surface area (Å²) in [5, 5.41) is 6.62. The molecule has 2 N–H and O–H groups in total. The molecule has 1 amide bonds. The number of nitrogens with two attached hydrogens (primary N) is 1. The SMILES string of the molecule is C[C@]12CC[C@H]3C[C@@]1(C(N)=O)N(/N=C\c1cccnc1)C[C@@]32C. The number of hydrogen-bond donors (Lipinski definition) is 1. The Kier molecular flexibility index (Phi) is 2.55. The van der Waals surface area contributed by atoms with Gasteiger partial charge in [0, 0.05) is 29.9 Å². The minimum atomic E-state index is -0.622. The van der Waals surface area contributed by atoms with E-state index in [1.54, 1.807) is 18.6 Å². The van der Waals surface area contributed by atoms with E-state index in [4.69, 9.17) is 5.73 Å². The van der Waals surface area contributed by atoms with Crippen molar-refractivity contribution in [2.24, 2.45) is 27.6 Å². The van der Waals surface area contributed by atoms with Crippen molar-refractivity contribution in [3.8, 4) is 0 Å². The van der Waals surface area contributed by atoms with Crippen molar-refractivity contribution in [1.29, 1.82) is 0 Å². The molecule has 5 heteroatoms. The Hall–Kier alpha value is -1.91. The zero-order valence-electron chi connectivity index (χ0n) is 13.1. The minimum absolute atomic E-state index is 0.0667. The predicted octanol–water partition coefficient (Wildman–Crippen LogP) is 1.78. The maximum Gasteiger partial charge on any atom is 0.245 e. The first-order valence-corrected chi connectivity index (χ1v) is 7.96. The van der Waals surface area contributed by atoms with Gasteiger partial charge in [0.2, 0.25) is 5.91 Å². The highest BCUT2D eigenvalue weighted by atomic mass is 16.2. The van der Waals surface area contributed by atoms with E-state index in [1.807, 2.05) is 17.1 Å². The quantitative estimate of drug-likeness (QED) is 0.865. The molecule has 116 valence electrons. The van der Waals surface area contributed by atoms with E-state index >= 15 is 0 Å². The minimum Gasteiger partial charge on any atom is -0.368 e. The summed E-state index contributed by atoms with van der Waals surface area (Å²) in [4.78, 5) is 16.5. The number of pyridine rings is 1. The molecule has 5 nitrogen and oxygen atoms in total. The van der Waals surface area contributed by atoms with E-state index in [1.165, 1.54) is 6.42 Å². The Morgan fingerprint density at radius 3 is 3.00 bits per heavy atom. The number of hydrazone groups is 1. The van der Waals surface area contributed by atoms with Gasteiger partial charge in [-0.2, -0.15) is 5.10 Å². The molecule has 1 aromatic heterocycles. The third-order valence-corrected chi connectivity index (χ3v) is 6.97. The zero-order chi connectivity index (χ0) is 15.6. The van der Waals surface area contributed by atoms with Crippen LogP contribution >= 0.6 is 0 Å². The molecule has 4 bridgehead atoms. The van der Waals surface area contributed by atoms with Gasteiger partial charge in [-0.25, -0.2) is 0 Å². The van der Waals surface area contributed by atoms with Gasteiger partial charge in [0.05, 0.1) is 6.21 Å². The molecular formula is C17H22N4O. The van der Waals surface area contributed by atoms with Gasteiger partial charge in [0.1, 0.15) is 5.54 Å². The molecule has 4 atom stereocenters. The number of carbonyl (C=O) groups excluding carboxylic acids is 1. The number of hydrogen-bond acceptors (Lipinski definition) is 4. The molecule has 2 saturated carbocycles. The molecule has 0 spiro atoms. The molecular weight excluding hydrogens is 276 g/mol. The second-order valence-corrected chi connectivity index (χ2v) is 7.50. The zero-order valence-corrected chi connectivity index (χ0v) is 13.1. The summed E-state index contributed by atoms with van der Waals surface area (Å²) < 4.78 is 0. The topological polar surface area (TPSA) is 71.6 Å². The maximum absolute atomic E-state index is 12.4. The van der Waals surface area contributed by atoms with Gasteiger partial charge >= 0.3 is 0 Å². The van der Waals surface area contributed by atoms with Crippen molar-refractivity contribution in [2.75, 3.05) is 6.54 Å². The fourth-order valence-corrected chi connectivity index (χ4v) is 5.47. The summed E-state index contributed by atoms with van der Waals surface area (Å²) in [6.07, 6.45) is 8.42. The summed E-state index contributed by atoms with van der Waals surface area (Å²) in [6, 6.07) is 3.84. The molecule has 1 aromatic rings. The van der Waals surface area contributed by atoms with Gasteiger partial charge in [-0.05, 0) is 36.7 Å². The highest BCUT2D eigenvalue weighted by Crippen LogP contribution is 2.75. The third kappa shape index (κ3) is 1.33. The molecule has 3 fully saturated rings. The first-order valence-electron chi connectivity index (χ1n) is 7.96. The highest BCUT2D eigenvalue weighted by molar-refractivity contribution is 5.88. The average molecular weight is 298 g/mol. The monoisotopic (exact) mass is 298 g/mol. The Balaban J connectivity index is 1.74. The number of aromatic nitrogens is 1. The van der Waals surface area contributed by atoms with Gasteiger partial charge in [-0.1, -0.05) is 19.9 Å². The molecule has 2 aliphatic carbocycles. The molecule has 0 radical (unpaired) electrons. The lowest BCUT2D eigenvalue weighted by Gasteiger charge is -2.44. The van der Waals surface area contributed by atoms with E-state index < -0.39 is 5.54 Å². The first-order chi connectivity index (χ1) is 10.4. The number of carbonyl (C=O) groups is 1. The molecule has 4 rings (SSSR count). The van der Waals surface area contributed by atoms with E-state index in [-0.39, 0.29) is 16.7 Å². The van der Waals surface area contributed by atoms with Crippen molar-refractivity contribution < 1.29 is 4.79 Å². The fourth-order valence-electron chi connectivity index (χ4n) is 5.47. The standard InChI is InChI=1S/C17H22N4O/c1-15-11-21(20-10-12-4-3-7-19-9-12)17(14(18)22)8-13(15)5-6-16(15,17)2/h3-4,7,9-10,13H,5-6,8,11H2,1-2H3,(H2,18,22)/b20-10-/t13-,15-,16+,17-/m0/s1. The Labute approximate surface area is 130 Å². The largest absolute Gasteiger partial charge is 0.368 e. The molecule has 22 heavy (non-hydrogen) atoms. The Bertz CT molecular complexity index is 660. The lowest BCUT2D eigenvalue weighted by Crippen LogP contribution is -2.60. The molecule has 1 saturated heterocycles. The summed E-state index contributed by atoms with van der Waals surface area (Å²) in [7, 11) is 0. The second kappa shape index (κ2) is 4.09. The summed E-state index contributed by atoms with van der Waals surface area (Å²) in [5.41, 5.74) is 6.27. The molecule has 3 aliphatic rings. The molecule has 0 aromatic carbocycles. The number of primary amides is 1. The van der Waals surface area contributed by atoms with Crippen molar-refractivity contribution in [2.45, 2.75) is 38.6 Å².